The third kappa shape index (κ3) is 2.68. The monoisotopic (exact) mass is 244 g/mol. The highest BCUT2D eigenvalue weighted by atomic mass is 16.2. The molecule has 5 nitrogen and oxygen atoms in total. The average Bonchev–Trinajstić information content (AvgIpc) is 2.70. The lowest BCUT2D eigenvalue weighted by molar-refractivity contribution is 0.262. The molecule has 0 saturated heterocycles. The van der Waals surface area contributed by atoms with E-state index >= 15 is 0 Å². The molecule has 2 rings (SSSR count). The molecule has 0 bridgehead atoms. The van der Waals surface area contributed by atoms with Crippen molar-refractivity contribution in [2.24, 2.45) is 7.05 Å². The lowest BCUT2D eigenvalue weighted by atomic mass is 10.1. The van der Waals surface area contributed by atoms with Gasteiger partial charge in [-0.1, -0.05) is 12.1 Å². The van der Waals surface area contributed by atoms with E-state index in [1.54, 1.807) is 24.0 Å². The Morgan fingerprint density at radius 2 is 2.00 bits per heavy atom. The zero-order valence-corrected chi connectivity index (χ0v) is 10.7. The molecule has 5 heteroatoms. The van der Waals surface area contributed by atoms with Gasteiger partial charge in [-0.05, 0) is 31.0 Å². The fraction of sp³-hybridized carbons (Fsp3) is 0.231. The molecule has 0 saturated carbocycles. The van der Waals surface area contributed by atoms with Crippen molar-refractivity contribution in [2.45, 2.75) is 13.8 Å². The first kappa shape index (κ1) is 12.2. The molecule has 2 N–H and O–H groups in total. The maximum Gasteiger partial charge on any atom is 0.324 e. The van der Waals surface area contributed by atoms with Gasteiger partial charge in [0.25, 0.3) is 0 Å². The van der Waals surface area contributed by atoms with E-state index in [9.17, 15) is 4.79 Å². The summed E-state index contributed by atoms with van der Waals surface area (Å²) in [6, 6.07) is 7.25. The van der Waals surface area contributed by atoms with E-state index in [0.717, 1.165) is 16.8 Å². The highest BCUT2D eigenvalue weighted by molar-refractivity contribution is 5.99. The summed E-state index contributed by atoms with van der Waals surface area (Å²) in [6.07, 6.45) is 1.77. The van der Waals surface area contributed by atoms with Gasteiger partial charge in [-0.25, -0.2) is 4.79 Å². The van der Waals surface area contributed by atoms with Crippen LogP contribution in [0.3, 0.4) is 0 Å². The average molecular weight is 244 g/mol. The van der Waals surface area contributed by atoms with Gasteiger partial charge in [0.2, 0.25) is 0 Å². The molecule has 0 fully saturated rings. The van der Waals surface area contributed by atoms with Crippen LogP contribution in [0.1, 0.15) is 11.1 Å². The third-order valence-corrected chi connectivity index (χ3v) is 2.81. The molecule has 1 aromatic carbocycles. The Bertz CT molecular complexity index is 574. The lowest BCUT2D eigenvalue weighted by Gasteiger charge is -2.10. The van der Waals surface area contributed by atoms with Crippen LogP contribution in [0.5, 0.6) is 0 Å². The smallest absolute Gasteiger partial charge is 0.307 e. The van der Waals surface area contributed by atoms with Crippen LogP contribution in [0, 0.1) is 13.8 Å². The van der Waals surface area contributed by atoms with Crippen LogP contribution in [0.15, 0.2) is 30.5 Å². The first-order chi connectivity index (χ1) is 8.56. The number of aromatic nitrogens is 2. The van der Waals surface area contributed by atoms with Gasteiger partial charge >= 0.3 is 6.03 Å². The molecule has 0 aliphatic heterocycles. The summed E-state index contributed by atoms with van der Waals surface area (Å²) in [5.74, 6) is 0.528. The number of aryl methyl sites for hydroxylation is 2. The third-order valence-electron chi connectivity index (χ3n) is 2.81. The molecular weight excluding hydrogens is 228 g/mol. The van der Waals surface area contributed by atoms with Crippen molar-refractivity contribution in [3.8, 4) is 0 Å². The molecule has 2 amide bonds. The summed E-state index contributed by atoms with van der Waals surface area (Å²) < 4.78 is 1.63. The van der Waals surface area contributed by atoms with Crippen molar-refractivity contribution in [1.82, 2.24) is 9.78 Å². The van der Waals surface area contributed by atoms with Crippen LogP contribution >= 0.6 is 0 Å². The van der Waals surface area contributed by atoms with Gasteiger partial charge in [0, 0.05) is 25.0 Å². The van der Waals surface area contributed by atoms with Crippen LogP contribution < -0.4 is 10.6 Å². The number of carbonyl (C=O) groups is 1. The standard InChI is InChI=1S/C13H16N4O/c1-9-5-4-6-11(10(9)2)14-13(18)15-12-7-8-17(3)16-12/h4-8H,1-3H3,(H2,14,15,16,18). The number of anilines is 2. The molecule has 0 radical (unpaired) electrons. The van der Waals surface area contributed by atoms with Crippen molar-refractivity contribution in [3.63, 3.8) is 0 Å². The van der Waals surface area contributed by atoms with Crippen LogP contribution in [0.25, 0.3) is 0 Å². The molecular formula is C13H16N4O. The van der Waals surface area contributed by atoms with Gasteiger partial charge in [-0.15, -0.1) is 0 Å². The number of benzene rings is 1. The highest BCUT2D eigenvalue weighted by Gasteiger charge is 2.07. The predicted octanol–water partition coefficient (Wildman–Crippen LogP) is 2.68. The Morgan fingerprint density at radius 1 is 1.22 bits per heavy atom. The van der Waals surface area contributed by atoms with E-state index in [2.05, 4.69) is 15.7 Å². The number of carbonyl (C=O) groups excluding carboxylic acids is 1. The van der Waals surface area contributed by atoms with Gasteiger partial charge in [-0.2, -0.15) is 5.10 Å². The summed E-state index contributed by atoms with van der Waals surface area (Å²) in [7, 11) is 1.80. The van der Waals surface area contributed by atoms with Gasteiger partial charge in [0.1, 0.15) is 0 Å². The van der Waals surface area contributed by atoms with Crippen molar-refractivity contribution >= 4 is 17.5 Å². The number of amides is 2. The zero-order chi connectivity index (χ0) is 13.1. The van der Waals surface area contributed by atoms with Crippen molar-refractivity contribution in [1.29, 1.82) is 0 Å². The van der Waals surface area contributed by atoms with Crippen LogP contribution in [-0.2, 0) is 7.05 Å². The van der Waals surface area contributed by atoms with Gasteiger partial charge < -0.3 is 5.32 Å². The molecule has 94 valence electrons. The van der Waals surface area contributed by atoms with Gasteiger partial charge in [-0.3, -0.25) is 10.00 Å². The molecule has 1 aromatic heterocycles. The second kappa shape index (κ2) is 4.91. The first-order valence-corrected chi connectivity index (χ1v) is 5.70. The normalized spacial score (nSPS) is 10.2. The maximum atomic E-state index is 11.8. The van der Waals surface area contributed by atoms with Gasteiger partial charge in [0.15, 0.2) is 5.82 Å². The second-order valence-electron chi connectivity index (χ2n) is 4.20. The fourth-order valence-corrected chi connectivity index (χ4v) is 1.64. The minimum absolute atomic E-state index is 0.289. The van der Waals surface area contributed by atoms with Crippen LogP contribution in [0.2, 0.25) is 0 Å². The zero-order valence-electron chi connectivity index (χ0n) is 10.7. The first-order valence-electron chi connectivity index (χ1n) is 5.70. The van der Waals surface area contributed by atoms with E-state index < -0.39 is 0 Å². The molecule has 1 heterocycles. The Balaban J connectivity index is 2.05. The van der Waals surface area contributed by atoms with E-state index in [1.165, 1.54) is 0 Å². The fourth-order valence-electron chi connectivity index (χ4n) is 1.64. The summed E-state index contributed by atoms with van der Waals surface area (Å²) in [5, 5.41) is 9.56. The number of urea groups is 1. The number of hydrogen-bond acceptors (Lipinski definition) is 2. The van der Waals surface area contributed by atoms with Crippen LogP contribution in [-0.4, -0.2) is 15.8 Å². The number of nitrogens with one attached hydrogen (secondary N) is 2. The molecule has 0 spiro atoms. The van der Waals surface area contributed by atoms with Crippen LogP contribution in [0.4, 0.5) is 16.3 Å². The van der Waals surface area contributed by atoms with E-state index in [4.69, 9.17) is 0 Å². The molecule has 0 unspecified atom stereocenters. The predicted molar refractivity (Wildman–Crippen MR) is 71.8 cm³/mol. The van der Waals surface area contributed by atoms with E-state index in [1.807, 2.05) is 32.0 Å². The molecule has 2 aromatic rings. The summed E-state index contributed by atoms with van der Waals surface area (Å²) in [6.45, 7) is 3.99. The summed E-state index contributed by atoms with van der Waals surface area (Å²) in [5.41, 5.74) is 3.02. The lowest BCUT2D eigenvalue weighted by Crippen LogP contribution is -2.20. The Hall–Kier alpha value is -2.30. The van der Waals surface area contributed by atoms with Gasteiger partial charge in [0.05, 0.1) is 0 Å². The molecule has 18 heavy (non-hydrogen) atoms. The number of nitrogens with zero attached hydrogens (tertiary/aromatic N) is 2. The summed E-state index contributed by atoms with van der Waals surface area (Å²) >= 11 is 0. The Labute approximate surface area is 106 Å². The summed E-state index contributed by atoms with van der Waals surface area (Å²) in [4.78, 5) is 11.8. The minimum atomic E-state index is -0.289. The van der Waals surface area contributed by atoms with E-state index in [-0.39, 0.29) is 6.03 Å². The SMILES string of the molecule is Cc1cccc(NC(=O)Nc2ccn(C)n2)c1C. The topological polar surface area (TPSA) is 59.0 Å². The number of hydrogen-bond donors (Lipinski definition) is 2. The quantitative estimate of drug-likeness (QED) is 0.853. The molecule has 0 aliphatic rings. The second-order valence-corrected chi connectivity index (χ2v) is 4.20. The van der Waals surface area contributed by atoms with E-state index in [0.29, 0.717) is 5.82 Å². The number of rotatable bonds is 2. The van der Waals surface area contributed by atoms with Crippen molar-refractivity contribution in [2.75, 3.05) is 10.6 Å². The molecule has 0 atom stereocenters. The largest absolute Gasteiger partial charge is 0.324 e. The Morgan fingerprint density at radius 3 is 2.67 bits per heavy atom. The Kier molecular flexibility index (Phi) is 3.32. The highest BCUT2D eigenvalue weighted by Crippen LogP contribution is 2.18. The maximum absolute atomic E-state index is 11.8. The van der Waals surface area contributed by atoms with Crippen molar-refractivity contribution < 1.29 is 4.79 Å². The minimum Gasteiger partial charge on any atom is -0.307 e. The van der Waals surface area contributed by atoms with Crippen molar-refractivity contribution in [3.05, 3.63) is 41.6 Å². The molecule has 0 aliphatic carbocycles.